The van der Waals surface area contributed by atoms with E-state index in [1.54, 1.807) is 22.0 Å². The molecule has 3 saturated heterocycles. The van der Waals surface area contributed by atoms with Crippen LogP contribution in [0.1, 0.15) is 72.6 Å². The molecule has 208 valence electrons. The van der Waals surface area contributed by atoms with Crippen molar-refractivity contribution in [1.29, 1.82) is 0 Å². The van der Waals surface area contributed by atoms with Gasteiger partial charge in [-0.2, -0.15) is 0 Å². The molecule has 1 N–H and O–H groups in total. The zero-order chi connectivity index (χ0) is 27.4. The number of carbonyl (C=O) groups is 3. The number of unbranched alkanes of at least 4 members (excludes halogenated alkanes) is 4. The van der Waals surface area contributed by atoms with Crippen molar-refractivity contribution in [3.8, 4) is 0 Å². The molecule has 3 heterocycles. The molecule has 37 heavy (non-hydrogen) atoms. The summed E-state index contributed by atoms with van der Waals surface area (Å²) in [6.45, 7) is 16.6. The van der Waals surface area contributed by atoms with E-state index in [9.17, 15) is 14.4 Å². The summed E-state index contributed by atoms with van der Waals surface area (Å²) in [5.41, 5.74) is -1.94. The summed E-state index contributed by atoms with van der Waals surface area (Å²) in [5, 5.41) is 9.11. The molecule has 0 aromatic carbocycles. The molecule has 2 amide bonds. The Morgan fingerprint density at radius 1 is 1.22 bits per heavy atom. The molecule has 3 rings (SSSR count). The molecule has 3 fully saturated rings. The fourth-order valence-corrected chi connectivity index (χ4v) is 6.71. The zero-order valence-electron chi connectivity index (χ0n) is 23.1. The number of rotatable bonds is 15. The van der Waals surface area contributed by atoms with Crippen LogP contribution in [0.3, 0.4) is 0 Å². The number of allylic oxidation sites excluding steroid dienone is 1. The number of amides is 2. The van der Waals surface area contributed by atoms with Crippen molar-refractivity contribution < 1.29 is 29.0 Å². The SMILES string of the molecule is C=CCCCOC(=O)[C@H]1[C@H]2C(=O)N(CCCCCCO)C(C(=O)N(CC=C)C(C)C)C23CC(C)[C@]1(C)O3. The maximum atomic E-state index is 14.2. The number of carbonyl (C=O) groups excluding carboxylic acids is 3. The number of ether oxygens (including phenoxy) is 2. The number of hydrogen-bond donors (Lipinski definition) is 1. The van der Waals surface area contributed by atoms with Crippen molar-refractivity contribution in [1.82, 2.24) is 9.80 Å². The molecule has 8 nitrogen and oxygen atoms in total. The van der Waals surface area contributed by atoms with Gasteiger partial charge < -0.3 is 24.4 Å². The normalized spacial score (nSPS) is 32.1. The van der Waals surface area contributed by atoms with Gasteiger partial charge in [0.1, 0.15) is 17.6 Å². The molecule has 0 aromatic heterocycles. The van der Waals surface area contributed by atoms with Gasteiger partial charge in [-0.1, -0.05) is 31.9 Å². The zero-order valence-corrected chi connectivity index (χ0v) is 23.1. The van der Waals surface area contributed by atoms with Crippen LogP contribution in [0.4, 0.5) is 0 Å². The van der Waals surface area contributed by atoms with Crippen LogP contribution >= 0.6 is 0 Å². The Bertz CT molecular complexity index is 874. The molecule has 8 heteroatoms. The van der Waals surface area contributed by atoms with E-state index in [-0.39, 0.29) is 37.0 Å². The van der Waals surface area contributed by atoms with Gasteiger partial charge in [-0.05, 0) is 58.8 Å². The highest BCUT2D eigenvalue weighted by Gasteiger charge is 2.80. The van der Waals surface area contributed by atoms with Gasteiger partial charge in [-0.3, -0.25) is 14.4 Å². The van der Waals surface area contributed by atoms with Crippen molar-refractivity contribution in [2.75, 3.05) is 26.3 Å². The Kier molecular flexibility index (Phi) is 9.62. The summed E-state index contributed by atoms with van der Waals surface area (Å²) in [6, 6.07) is -0.882. The molecular weight excluding hydrogens is 472 g/mol. The first-order valence-corrected chi connectivity index (χ1v) is 13.9. The van der Waals surface area contributed by atoms with Crippen molar-refractivity contribution in [2.24, 2.45) is 17.8 Å². The molecule has 0 radical (unpaired) electrons. The van der Waals surface area contributed by atoms with Gasteiger partial charge in [0.15, 0.2) is 0 Å². The summed E-state index contributed by atoms with van der Waals surface area (Å²) in [4.78, 5) is 45.1. The number of hydrogen-bond acceptors (Lipinski definition) is 6. The molecule has 3 unspecified atom stereocenters. The fourth-order valence-electron chi connectivity index (χ4n) is 6.71. The quantitative estimate of drug-likeness (QED) is 0.203. The number of aliphatic hydroxyl groups is 1. The van der Waals surface area contributed by atoms with E-state index < -0.39 is 35.0 Å². The number of fused-ring (bicyclic) bond motifs is 1. The Hall–Kier alpha value is -2.19. The molecular formula is C29H46N2O6. The van der Waals surface area contributed by atoms with E-state index >= 15 is 0 Å². The second-order valence-electron chi connectivity index (χ2n) is 11.3. The lowest BCUT2D eigenvalue weighted by atomic mass is 9.62. The number of esters is 1. The average Bonchev–Trinajstić information content (AvgIpc) is 3.36. The Labute approximate surface area is 222 Å². The van der Waals surface area contributed by atoms with E-state index in [2.05, 4.69) is 13.2 Å². The van der Waals surface area contributed by atoms with Gasteiger partial charge in [0.05, 0.1) is 18.1 Å². The predicted molar refractivity (Wildman–Crippen MR) is 141 cm³/mol. The summed E-state index contributed by atoms with van der Waals surface area (Å²) >= 11 is 0. The average molecular weight is 519 g/mol. The minimum Gasteiger partial charge on any atom is -0.465 e. The lowest BCUT2D eigenvalue weighted by molar-refractivity contribution is -0.162. The smallest absolute Gasteiger partial charge is 0.312 e. The van der Waals surface area contributed by atoms with Crippen LogP contribution < -0.4 is 0 Å². The third-order valence-electron chi connectivity index (χ3n) is 8.64. The van der Waals surface area contributed by atoms with Crippen LogP contribution in [0.25, 0.3) is 0 Å². The van der Waals surface area contributed by atoms with E-state index in [1.165, 1.54) is 0 Å². The number of aliphatic hydroxyl groups excluding tert-OH is 1. The van der Waals surface area contributed by atoms with E-state index in [1.807, 2.05) is 27.7 Å². The summed E-state index contributed by atoms with van der Waals surface area (Å²) in [5.74, 6) is -2.28. The number of nitrogens with zero attached hydrogens (tertiary/aromatic N) is 2. The van der Waals surface area contributed by atoms with Gasteiger partial charge >= 0.3 is 5.97 Å². The van der Waals surface area contributed by atoms with Crippen LogP contribution in [0, 0.1) is 17.8 Å². The lowest BCUT2D eigenvalue weighted by Gasteiger charge is -2.38. The molecule has 0 aromatic rings. The highest BCUT2D eigenvalue weighted by atomic mass is 16.6. The van der Waals surface area contributed by atoms with Gasteiger partial charge in [0.25, 0.3) is 0 Å². The van der Waals surface area contributed by atoms with Crippen LogP contribution in [-0.4, -0.2) is 82.3 Å². The van der Waals surface area contributed by atoms with Crippen LogP contribution in [-0.2, 0) is 23.9 Å². The molecule has 2 bridgehead atoms. The van der Waals surface area contributed by atoms with E-state index in [0.29, 0.717) is 38.8 Å². The molecule has 0 aliphatic carbocycles. The van der Waals surface area contributed by atoms with Crippen molar-refractivity contribution in [3.05, 3.63) is 25.3 Å². The minimum atomic E-state index is -1.06. The largest absolute Gasteiger partial charge is 0.465 e. The van der Waals surface area contributed by atoms with Gasteiger partial charge in [-0.15, -0.1) is 13.2 Å². The molecule has 3 aliphatic rings. The summed E-state index contributed by atoms with van der Waals surface area (Å²) in [6.07, 6.45) is 8.55. The molecule has 1 spiro atoms. The van der Waals surface area contributed by atoms with Crippen molar-refractivity contribution in [2.45, 2.75) is 95.9 Å². The first-order chi connectivity index (χ1) is 17.6. The Balaban J connectivity index is 1.97. The highest BCUT2D eigenvalue weighted by Crippen LogP contribution is 2.65. The third kappa shape index (κ3) is 5.24. The van der Waals surface area contributed by atoms with Crippen LogP contribution in [0.2, 0.25) is 0 Å². The Morgan fingerprint density at radius 3 is 2.54 bits per heavy atom. The maximum Gasteiger partial charge on any atom is 0.312 e. The Morgan fingerprint density at radius 2 is 1.92 bits per heavy atom. The van der Waals surface area contributed by atoms with Gasteiger partial charge in [0.2, 0.25) is 11.8 Å². The molecule has 3 aliphatic heterocycles. The fraction of sp³-hybridized carbons (Fsp3) is 0.759. The van der Waals surface area contributed by atoms with Crippen LogP contribution in [0.5, 0.6) is 0 Å². The second kappa shape index (κ2) is 12.1. The van der Waals surface area contributed by atoms with Crippen LogP contribution in [0.15, 0.2) is 25.3 Å². The lowest BCUT2D eigenvalue weighted by Crippen LogP contribution is -2.57. The first kappa shape index (κ1) is 29.4. The van der Waals surface area contributed by atoms with Gasteiger partial charge in [0, 0.05) is 25.7 Å². The van der Waals surface area contributed by atoms with E-state index in [0.717, 1.165) is 19.3 Å². The summed E-state index contributed by atoms with van der Waals surface area (Å²) < 4.78 is 12.4. The topological polar surface area (TPSA) is 96.4 Å². The highest BCUT2D eigenvalue weighted by molar-refractivity contribution is 5.98. The minimum absolute atomic E-state index is 0.0195. The van der Waals surface area contributed by atoms with E-state index in [4.69, 9.17) is 14.6 Å². The molecule has 6 atom stereocenters. The van der Waals surface area contributed by atoms with Crippen molar-refractivity contribution >= 4 is 17.8 Å². The third-order valence-corrected chi connectivity index (χ3v) is 8.64. The van der Waals surface area contributed by atoms with Gasteiger partial charge in [-0.25, -0.2) is 0 Å². The molecule has 0 saturated carbocycles. The maximum absolute atomic E-state index is 14.2. The van der Waals surface area contributed by atoms with Crippen molar-refractivity contribution in [3.63, 3.8) is 0 Å². The first-order valence-electron chi connectivity index (χ1n) is 13.9. The second-order valence-corrected chi connectivity index (χ2v) is 11.3. The standard InChI is InChI=1S/C29H46N2O6/c1-7-9-14-18-36-27(35)23-22-25(33)31(16-12-10-11-13-17-32)24(26(34)30(15-8-2)20(3)4)29(22)19-21(5)28(23,6)37-29/h7-8,20-24,32H,1-2,9-19H2,3-6H3/t21?,22-,23+,24?,28-,29?/m0/s1. The predicted octanol–water partition coefficient (Wildman–Crippen LogP) is 3.48. The monoisotopic (exact) mass is 518 g/mol. The summed E-state index contributed by atoms with van der Waals surface area (Å²) in [7, 11) is 0. The number of likely N-dealkylation sites (tertiary alicyclic amines) is 1.